The highest BCUT2D eigenvalue weighted by atomic mass is 35.5. The van der Waals surface area contributed by atoms with Crippen LogP contribution in [0.15, 0.2) is 36.7 Å². The molecule has 0 spiro atoms. The molecule has 1 aliphatic heterocycles. The Balaban J connectivity index is 1.46. The SMILES string of the molecule is Fc1ccc(CN2CC(Cn3cc(Cl)cn3)C2)cc1. The normalized spacial score (nSPS) is 16.5. The van der Waals surface area contributed by atoms with Gasteiger partial charge in [0, 0.05) is 38.3 Å². The van der Waals surface area contributed by atoms with Crippen LogP contribution in [0.5, 0.6) is 0 Å². The lowest BCUT2D eigenvalue weighted by Gasteiger charge is -2.39. The molecule has 1 aromatic carbocycles. The van der Waals surface area contributed by atoms with Crippen molar-refractivity contribution in [1.29, 1.82) is 0 Å². The van der Waals surface area contributed by atoms with Crippen LogP contribution >= 0.6 is 11.6 Å². The Morgan fingerprint density at radius 2 is 2.00 bits per heavy atom. The monoisotopic (exact) mass is 279 g/mol. The fourth-order valence-corrected chi connectivity index (χ4v) is 2.63. The van der Waals surface area contributed by atoms with Gasteiger partial charge in [0.25, 0.3) is 0 Å². The molecular formula is C14H15ClFN3. The summed E-state index contributed by atoms with van der Waals surface area (Å²) in [5, 5.41) is 4.86. The molecule has 1 fully saturated rings. The summed E-state index contributed by atoms with van der Waals surface area (Å²) in [6.07, 6.45) is 3.51. The predicted octanol–water partition coefficient (Wildman–Crippen LogP) is 2.81. The van der Waals surface area contributed by atoms with Crippen LogP contribution in [0.25, 0.3) is 0 Å². The summed E-state index contributed by atoms with van der Waals surface area (Å²) in [6, 6.07) is 6.71. The molecule has 2 heterocycles. The lowest BCUT2D eigenvalue weighted by atomic mass is 9.99. The largest absolute Gasteiger partial charge is 0.298 e. The minimum atomic E-state index is -0.180. The second-order valence-corrected chi connectivity index (χ2v) is 5.50. The highest BCUT2D eigenvalue weighted by Crippen LogP contribution is 2.20. The van der Waals surface area contributed by atoms with Crippen molar-refractivity contribution in [2.24, 2.45) is 5.92 Å². The molecular weight excluding hydrogens is 265 g/mol. The third kappa shape index (κ3) is 3.14. The van der Waals surface area contributed by atoms with E-state index in [4.69, 9.17) is 11.6 Å². The molecule has 0 atom stereocenters. The van der Waals surface area contributed by atoms with Gasteiger partial charge in [0.1, 0.15) is 5.82 Å². The van der Waals surface area contributed by atoms with Crippen LogP contribution in [0, 0.1) is 11.7 Å². The topological polar surface area (TPSA) is 21.1 Å². The first-order valence-electron chi connectivity index (χ1n) is 6.34. The van der Waals surface area contributed by atoms with Gasteiger partial charge in [-0.15, -0.1) is 0 Å². The minimum Gasteiger partial charge on any atom is -0.298 e. The zero-order chi connectivity index (χ0) is 13.2. The van der Waals surface area contributed by atoms with Gasteiger partial charge in [-0.1, -0.05) is 23.7 Å². The average molecular weight is 280 g/mol. The van der Waals surface area contributed by atoms with E-state index in [2.05, 4.69) is 10.00 Å². The van der Waals surface area contributed by atoms with E-state index in [-0.39, 0.29) is 5.82 Å². The number of hydrogen-bond donors (Lipinski definition) is 0. The summed E-state index contributed by atoms with van der Waals surface area (Å²) in [5.74, 6) is 0.442. The van der Waals surface area contributed by atoms with E-state index in [9.17, 15) is 4.39 Å². The molecule has 1 aromatic heterocycles. The van der Waals surface area contributed by atoms with Crippen LogP contribution in [0.2, 0.25) is 5.02 Å². The molecule has 3 rings (SSSR count). The maximum atomic E-state index is 12.8. The molecule has 2 aromatic rings. The van der Waals surface area contributed by atoms with Crippen LogP contribution in [0.4, 0.5) is 4.39 Å². The van der Waals surface area contributed by atoms with Crippen LogP contribution < -0.4 is 0 Å². The van der Waals surface area contributed by atoms with E-state index in [1.807, 2.05) is 23.0 Å². The molecule has 19 heavy (non-hydrogen) atoms. The molecule has 5 heteroatoms. The Kier molecular flexibility index (Phi) is 3.53. The lowest BCUT2D eigenvalue weighted by molar-refractivity contribution is 0.0777. The Hall–Kier alpha value is -1.39. The quantitative estimate of drug-likeness (QED) is 0.858. The van der Waals surface area contributed by atoms with Crippen LogP contribution in [-0.2, 0) is 13.1 Å². The summed E-state index contributed by atoms with van der Waals surface area (Å²) in [6.45, 7) is 3.90. The zero-order valence-corrected chi connectivity index (χ0v) is 11.2. The molecule has 3 nitrogen and oxygen atoms in total. The van der Waals surface area contributed by atoms with E-state index in [1.54, 1.807) is 6.20 Å². The predicted molar refractivity (Wildman–Crippen MR) is 72.4 cm³/mol. The van der Waals surface area contributed by atoms with Crippen molar-refractivity contribution < 1.29 is 4.39 Å². The molecule has 0 saturated carbocycles. The molecule has 0 amide bonds. The van der Waals surface area contributed by atoms with Crippen molar-refractivity contribution in [3.8, 4) is 0 Å². The molecule has 0 aliphatic carbocycles. The van der Waals surface area contributed by atoms with E-state index < -0.39 is 0 Å². The highest BCUT2D eigenvalue weighted by Gasteiger charge is 2.26. The molecule has 0 radical (unpaired) electrons. The minimum absolute atomic E-state index is 0.180. The zero-order valence-electron chi connectivity index (χ0n) is 10.5. The smallest absolute Gasteiger partial charge is 0.123 e. The first-order valence-corrected chi connectivity index (χ1v) is 6.71. The Morgan fingerprint density at radius 1 is 1.26 bits per heavy atom. The summed E-state index contributed by atoms with van der Waals surface area (Å²) >= 11 is 5.83. The Bertz CT molecular complexity index is 546. The van der Waals surface area contributed by atoms with Gasteiger partial charge in [-0.05, 0) is 17.7 Å². The Morgan fingerprint density at radius 3 is 2.63 bits per heavy atom. The summed E-state index contributed by atoms with van der Waals surface area (Å²) < 4.78 is 14.7. The fourth-order valence-electron chi connectivity index (χ4n) is 2.47. The van der Waals surface area contributed by atoms with Crippen LogP contribution in [0.3, 0.4) is 0 Å². The van der Waals surface area contributed by atoms with Crippen molar-refractivity contribution in [1.82, 2.24) is 14.7 Å². The molecule has 1 saturated heterocycles. The molecule has 0 N–H and O–H groups in total. The van der Waals surface area contributed by atoms with E-state index in [0.717, 1.165) is 31.7 Å². The van der Waals surface area contributed by atoms with Crippen molar-refractivity contribution >= 4 is 11.6 Å². The second-order valence-electron chi connectivity index (χ2n) is 5.07. The first-order chi connectivity index (χ1) is 9.19. The van der Waals surface area contributed by atoms with E-state index in [1.165, 1.54) is 12.1 Å². The summed E-state index contributed by atoms with van der Waals surface area (Å²) in [7, 11) is 0. The number of hydrogen-bond acceptors (Lipinski definition) is 2. The number of halogens is 2. The number of likely N-dealkylation sites (tertiary alicyclic amines) is 1. The molecule has 1 aliphatic rings. The number of benzene rings is 1. The number of aromatic nitrogens is 2. The van der Waals surface area contributed by atoms with Crippen molar-refractivity contribution in [3.63, 3.8) is 0 Å². The lowest BCUT2D eigenvalue weighted by Crippen LogP contribution is -2.47. The van der Waals surface area contributed by atoms with Crippen molar-refractivity contribution in [2.45, 2.75) is 13.1 Å². The maximum absolute atomic E-state index is 12.8. The van der Waals surface area contributed by atoms with Crippen LogP contribution in [-0.4, -0.2) is 27.8 Å². The highest BCUT2D eigenvalue weighted by molar-refractivity contribution is 6.30. The van der Waals surface area contributed by atoms with Gasteiger partial charge >= 0.3 is 0 Å². The third-order valence-electron chi connectivity index (χ3n) is 3.40. The van der Waals surface area contributed by atoms with Gasteiger partial charge < -0.3 is 0 Å². The standard InChI is InChI=1S/C14H15ClFN3/c15-13-5-17-19(10-13)9-12-7-18(8-12)6-11-1-3-14(16)4-2-11/h1-5,10,12H,6-9H2. The average Bonchev–Trinajstić information content (AvgIpc) is 2.75. The Labute approximate surface area is 116 Å². The van der Waals surface area contributed by atoms with Gasteiger partial charge in [-0.3, -0.25) is 9.58 Å². The fraction of sp³-hybridized carbons (Fsp3) is 0.357. The summed E-state index contributed by atoms with van der Waals surface area (Å²) in [5.41, 5.74) is 1.15. The maximum Gasteiger partial charge on any atom is 0.123 e. The summed E-state index contributed by atoms with van der Waals surface area (Å²) in [4.78, 5) is 2.35. The molecule has 0 unspecified atom stereocenters. The van der Waals surface area contributed by atoms with E-state index >= 15 is 0 Å². The van der Waals surface area contributed by atoms with Gasteiger partial charge in [0.05, 0.1) is 11.2 Å². The first kappa shape index (κ1) is 12.6. The van der Waals surface area contributed by atoms with Crippen molar-refractivity contribution in [2.75, 3.05) is 13.1 Å². The van der Waals surface area contributed by atoms with Gasteiger partial charge in [-0.25, -0.2) is 4.39 Å². The van der Waals surface area contributed by atoms with Gasteiger partial charge in [0.2, 0.25) is 0 Å². The third-order valence-corrected chi connectivity index (χ3v) is 3.59. The van der Waals surface area contributed by atoms with Gasteiger partial charge in [-0.2, -0.15) is 5.10 Å². The van der Waals surface area contributed by atoms with E-state index in [0.29, 0.717) is 10.9 Å². The number of nitrogens with zero attached hydrogens (tertiary/aromatic N) is 3. The molecule has 100 valence electrons. The van der Waals surface area contributed by atoms with Gasteiger partial charge in [0.15, 0.2) is 0 Å². The van der Waals surface area contributed by atoms with Crippen LogP contribution in [0.1, 0.15) is 5.56 Å². The number of rotatable bonds is 4. The van der Waals surface area contributed by atoms with Crippen molar-refractivity contribution in [3.05, 3.63) is 53.1 Å². The second kappa shape index (κ2) is 5.31. The molecule has 0 bridgehead atoms.